The van der Waals surface area contributed by atoms with Crippen LogP contribution in [0.25, 0.3) is 0 Å². The molecule has 0 bridgehead atoms. The molecule has 0 amide bonds. The summed E-state index contributed by atoms with van der Waals surface area (Å²) < 4.78 is 6.77. The minimum absolute atomic E-state index is 0.679. The van der Waals surface area contributed by atoms with Gasteiger partial charge in [0.25, 0.3) is 0 Å². The summed E-state index contributed by atoms with van der Waals surface area (Å²) in [5.41, 5.74) is 0. The molecule has 0 atom stereocenters. The third-order valence-corrected chi connectivity index (χ3v) is 2.23. The van der Waals surface area contributed by atoms with Crippen LogP contribution in [0.5, 0.6) is 0 Å². The predicted molar refractivity (Wildman–Crippen MR) is 51.8 cm³/mol. The lowest BCUT2D eigenvalue weighted by Crippen LogP contribution is -2.16. The Morgan fingerprint density at radius 3 is 3.21 bits per heavy atom. The number of hydrogen-bond donors (Lipinski definition) is 1. The predicted octanol–water partition coefficient (Wildman–Crippen LogP) is 0.176. The maximum Gasteiger partial charge on any atom is 0.164 e. The molecule has 0 saturated heterocycles. The molecule has 5 heteroatoms. The normalized spacial score (nSPS) is 16.1. The van der Waals surface area contributed by atoms with Crippen molar-refractivity contribution in [3.05, 3.63) is 12.2 Å². The molecule has 1 aliphatic carbocycles. The molecule has 78 valence electrons. The van der Waals surface area contributed by atoms with Gasteiger partial charge < -0.3 is 10.1 Å². The van der Waals surface area contributed by atoms with Crippen molar-refractivity contribution in [3.8, 4) is 0 Å². The number of aromatic nitrogens is 3. The molecule has 1 heterocycles. The Morgan fingerprint density at radius 1 is 1.64 bits per heavy atom. The summed E-state index contributed by atoms with van der Waals surface area (Å²) in [6.45, 7) is 2.23. The average molecular weight is 196 g/mol. The molecule has 0 aliphatic heterocycles. The molecule has 14 heavy (non-hydrogen) atoms. The van der Waals surface area contributed by atoms with Crippen LogP contribution in [-0.2, 0) is 17.8 Å². The van der Waals surface area contributed by atoms with Crippen LogP contribution in [0, 0.1) is 0 Å². The highest BCUT2D eigenvalue weighted by atomic mass is 16.5. The summed E-state index contributed by atoms with van der Waals surface area (Å²) in [5.74, 6) is 0.869. The Balaban J connectivity index is 1.76. The van der Waals surface area contributed by atoms with Gasteiger partial charge in [-0.3, -0.25) is 4.68 Å². The summed E-state index contributed by atoms with van der Waals surface area (Å²) in [4.78, 5) is 4.20. The second-order valence-corrected chi connectivity index (χ2v) is 3.57. The molecule has 1 aliphatic rings. The van der Waals surface area contributed by atoms with Crippen LogP contribution in [0.4, 0.5) is 0 Å². The lowest BCUT2D eigenvalue weighted by Gasteiger charge is -1.98. The summed E-state index contributed by atoms with van der Waals surface area (Å²) >= 11 is 0. The van der Waals surface area contributed by atoms with E-state index in [0.717, 1.165) is 18.9 Å². The molecular formula is C9H16N4O. The Labute approximate surface area is 83.5 Å². The zero-order valence-electron chi connectivity index (χ0n) is 8.44. The first kappa shape index (κ1) is 9.61. The van der Waals surface area contributed by atoms with Gasteiger partial charge in [-0.05, 0) is 12.8 Å². The average Bonchev–Trinajstić information content (AvgIpc) is 2.92. The van der Waals surface area contributed by atoms with Gasteiger partial charge in [-0.25, -0.2) is 4.98 Å². The number of hydrogen-bond acceptors (Lipinski definition) is 4. The summed E-state index contributed by atoms with van der Waals surface area (Å²) in [5, 5.41) is 7.68. The maximum absolute atomic E-state index is 4.96. The Bertz CT molecular complexity index is 282. The fourth-order valence-electron chi connectivity index (χ4n) is 1.23. The van der Waals surface area contributed by atoms with E-state index in [1.54, 1.807) is 13.4 Å². The largest absolute Gasteiger partial charge is 0.383 e. The van der Waals surface area contributed by atoms with E-state index in [9.17, 15) is 0 Å². The Hall–Kier alpha value is -0.940. The second-order valence-electron chi connectivity index (χ2n) is 3.57. The number of methoxy groups -OCH3 is 1. The number of nitrogens with one attached hydrogen (secondary N) is 1. The van der Waals surface area contributed by atoms with Gasteiger partial charge in [0.05, 0.1) is 19.7 Å². The van der Waals surface area contributed by atoms with Crippen LogP contribution in [0.1, 0.15) is 18.7 Å². The van der Waals surface area contributed by atoms with E-state index in [1.807, 2.05) is 4.68 Å². The van der Waals surface area contributed by atoms with Crippen molar-refractivity contribution in [2.45, 2.75) is 32.0 Å². The van der Waals surface area contributed by atoms with E-state index >= 15 is 0 Å². The van der Waals surface area contributed by atoms with Crippen LogP contribution >= 0.6 is 0 Å². The number of ether oxygens (including phenoxy) is 1. The third kappa shape index (κ3) is 2.78. The third-order valence-electron chi connectivity index (χ3n) is 2.23. The van der Waals surface area contributed by atoms with Gasteiger partial charge >= 0.3 is 0 Å². The van der Waals surface area contributed by atoms with Gasteiger partial charge in [-0.2, -0.15) is 5.10 Å². The fourth-order valence-corrected chi connectivity index (χ4v) is 1.23. The first-order valence-electron chi connectivity index (χ1n) is 4.99. The fraction of sp³-hybridized carbons (Fsp3) is 0.778. The van der Waals surface area contributed by atoms with E-state index < -0.39 is 0 Å². The molecule has 1 saturated carbocycles. The molecule has 5 nitrogen and oxygen atoms in total. The lowest BCUT2D eigenvalue weighted by atomic mass is 10.5. The molecule has 1 fully saturated rings. The molecule has 0 unspecified atom stereocenters. The highest BCUT2D eigenvalue weighted by Gasteiger charge is 2.20. The van der Waals surface area contributed by atoms with Crippen molar-refractivity contribution in [1.29, 1.82) is 0 Å². The maximum atomic E-state index is 4.96. The van der Waals surface area contributed by atoms with Crippen molar-refractivity contribution in [1.82, 2.24) is 20.1 Å². The van der Waals surface area contributed by atoms with Crippen LogP contribution < -0.4 is 5.32 Å². The van der Waals surface area contributed by atoms with Crippen molar-refractivity contribution < 1.29 is 4.74 Å². The zero-order valence-corrected chi connectivity index (χ0v) is 8.44. The van der Waals surface area contributed by atoms with Crippen LogP contribution in [0.2, 0.25) is 0 Å². The number of rotatable bonds is 6. The van der Waals surface area contributed by atoms with E-state index in [0.29, 0.717) is 12.6 Å². The summed E-state index contributed by atoms with van der Waals surface area (Å²) in [7, 11) is 1.69. The molecule has 1 aromatic heterocycles. The highest BCUT2D eigenvalue weighted by Crippen LogP contribution is 2.18. The summed E-state index contributed by atoms with van der Waals surface area (Å²) in [6, 6.07) is 0.709. The highest BCUT2D eigenvalue weighted by molar-refractivity contribution is 4.86. The van der Waals surface area contributed by atoms with Gasteiger partial charge in [-0.15, -0.1) is 0 Å². The van der Waals surface area contributed by atoms with Crippen LogP contribution in [0.15, 0.2) is 6.33 Å². The quantitative estimate of drug-likeness (QED) is 0.705. The van der Waals surface area contributed by atoms with E-state index in [1.165, 1.54) is 12.8 Å². The first-order valence-corrected chi connectivity index (χ1v) is 4.99. The SMILES string of the molecule is COCCn1cnc(CNC2CC2)n1. The van der Waals surface area contributed by atoms with Crippen LogP contribution in [0.3, 0.4) is 0 Å². The second kappa shape index (κ2) is 4.52. The first-order chi connectivity index (χ1) is 6.88. The van der Waals surface area contributed by atoms with E-state index in [4.69, 9.17) is 4.74 Å². The minimum Gasteiger partial charge on any atom is -0.383 e. The molecule has 1 aromatic rings. The van der Waals surface area contributed by atoms with E-state index in [-0.39, 0.29) is 0 Å². The smallest absolute Gasteiger partial charge is 0.164 e. The molecule has 1 N–H and O–H groups in total. The van der Waals surface area contributed by atoms with Crippen molar-refractivity contribution >= 4 is 0 Å². The lowest BCUT2D eigenvalue weighted by molar-refractivity contribution is 0.183. The zero-order chi connectivity index (χ0) is 9.80. The Morgan fingerprint density at radius 2 is 2.50 bits per heavy atom. The van der Waals surface area contributed by atoms with Gasteiger partial charge in [-0.1, -0.05) is 0 Å². The number of nitrogens with zero attached hydrogens (tertiary/aromatic N) is 3. The van der Waals surface area contributed by atoms with E-state index in [2.05, 4.69) is 15.4 Å². The van der Waals surface area contributed by atoms with Gasteiger partial charge in [0.2, 0.25) is 0 Å². The molecule has 0 radical (unpaired) electrons. The van der Waals surface area contributed by atoms with Gasteiger partial charge in [0.1, 0.15) is 6.33 Å². The molecule has 0 aromatic carbocycles. The minimum atomic E-state index is 0.679. The van der Waals surface area contributed by atoms with Gasteiger partial charge in [0, 0.05) is 13.2 Å². The van der Waals surface area contributed by atoms with Gasteiger partial charge in [0.15, 0.2) is 5.82 Å². The van der Waals surface area contributed by atoms with Crippen molar-refractivity contribution in [2.75, 3.05) is 13.7 Å². The standard InChI is InChI=1S/C9H16N4O/c1-14-5-4-13-7-11-9(12-13)6-10-8-2-3-8/h7-8,10H,2-6H2,1H3. The topological polar surface area (TPSA) is 52.0 Å². The molecular weight excluding hydrogens is 180 g/mol. The monoisotopic (exact) mass is 196 g/mol. The van der Waals surface area contributed by atoms with Crippen molar-refractivity contribution in [3.63, 3.8) is 0 Å². The molecule has 2 rings (SSSR count). The van der Waals surface area contributed by atoms with Crippen molar-refractivity contribution in [2.24, 2.45) is 0 Å². The summed E-state index contributed by atoms with van der Waals surface area (Å²) in [6.07, 6.45) is 4.34. The van der Waals surface area contributed by atoms with Crippen LogP contribution in [-0.4, -0.2) is 34.5 Å². The Kier molecular flexibility index (Phi) is 3.10. The molecule has 0 spiro atoms.